The standard InChI is InChI=1S/C10H15Cl/c11-9-5-1-2-6-10-7-3-4-8-10/h1-2,7H,3-6,8-9H2/b2-1+. The summed E-state index contributed by atoms with van der Waals surface area (Å²) in [5, 5.41) is 0. The molecule has 0 saturated heterocycles. The van der Waals surface area contributed by atoms with Gasteiger partial charge < -0.3 is 0 Å². The summed E-state index contributed by atoms with van der Waals surface area (Å²) in [5.41, 5.74) is 1.61. The van der Waals surface area contributed by atoms with Crippen molar-refractivity contribution in [3.8, 4) is 0 Å². The fourth-order valence-corrected chi connectivity index (χ4v) is 1.46. The Morgan fingerprint density at radius 3 is 3.00 bits per heavy atom. The molecule has 0 saturated carbocycles. The molecule has 0 aromatic rings. The van der Waals surface area contributed by atoms with Crippen molar-refractivity contribution in [2.45, 2.75) is 32.1 Å². The first kappa shape index (κ1) is 8.86. The molecule has 62 valence electrons. The summed E-state index contributed by atoms with van der Waals surface area (Å²) >= 11 is 5.53. The minimum absolute atomic E-state index is 0.746. The Kier molecular flexibility index (Phi) is 4.37. The summed E-state index contributed by atoms with van der Waals surface area (Å²) in [5.74, 6) is 0.746. The molecule has 1 aliphatic rings. The Morgan fingerprint density at radius 2 is 2.36 bits per heavy atom. The van der Waals surface area contributed by atoms with Crippen molar-refractivity contribution in [3.05, 3.63) is 23.8 Å². The maximum absolute atomic E-state index is 5.53. The minimum atomic E-state index is 0.746. The molecule has 0 aromatic carbocycles. The molecule has 1 rings (SSSR count). The summed E-state index contributed by atoms with van der Waals surface area (Å²) in [6.45, 7) is 0. The highest BCUT2D eigenvalue weighted by Gasteiger charge is 2.00. The van der Waals surface area contributed by atoms with Crippen molar-refractivity contribution in [3.63, 3.8) is 0 Å². The third-order valence-electron chi connectivity index (χ3n) is 1.96. The minimum Gasteiger partial charge on any atom is -0.126 e. The maximum atomic E-state index is 5.53. The molecule has 0 atom stereocenters. The van der Waals surface area contributed by atoms with Gasteiger partial charge in [0, 0.05) is 5.88 Å². The van der Waals surface area contributed by atoms with Gasteiger partial charge in [0.2, 0.25) is 0 Å². The van der Waals surface area contributed by atoms with Crippen LogP contribution in [0, 0.1) is 0 Å². The van der Waals surface area contributed by atoms with Crippen LogP contribution in [0.25, 0.3) is 0 Å². The molecule has 0 aliphatic heterocycles. The van der Waals surface area contributed by atoms with Crippen molar-refractivity contribution < 1.29 is 0 Å². The van der Waals surface area contributed by atoms with E-state index in [-0.39, 0.29) is 0 Å². The van der Waals surface area contributed by atoms with E-state index in [0.29, 0.717) is 0 Å². The SMILES string of the molecule is ClCC/C=C/CC1=CCCC1. The molecule has 0 radical (unpaired) electrons. The molecule has 0 nitrogen and oxygen atoms in total. The van der Waals surface area contributed by atoms with E-state index >= 15 is 0 Å². The van der Waals surface area contributed by atoms with Crippen LogP contribution in [0.4, 0.5) is 0 Å². The lowest BCUT2D eigenvalue weighted by Crippen LogP contribution is -1.74. The molecule has 1 heteroatoms. The molecule has 0 amide bonds. The average molecular weight is 171 g/mol. The molecule has 0 aromatic heterocycles. The zero-order valence-electron chi connectivity index (χ0n) is 6.85. The van der Waals surface area contributed by atoms with Gasteiger partial charge >= 0.3 is 0 Å². The summed E-state index contributed by atoms with van der Waals surface area (Å²) < 4.78 is 0. The quantitative estimate of drug-likeness (QED) is 0.446. The van der Waals surface area contributed by atoms with Crippen molar-refractivity contribution in [2.75, 3.05) is 5.88 Å². The van der Waals surface area contributed by atoms with Crippen LogP contribution in [0.3, 0.4) is 0 Å². The van der Waals surface area contributed by atoms with Crippen LogP contribution >= 0.6 is 11.6 Å². The first-order chi connectivity index (χ1) is 5.43. The highest BCUT2D eigenvalue weighted by molar-refractivity contribution is 6.17. The van der Waals surface area contributed by atoms with E-state index in [1.807, 2.05) is 0 Å². The Morgan fingerprint density at radius 1 is 1.45 bits per heavy atom. The molecule has 0 fully saturated rings. The van der Waals surface area contributed by atoms with Gasteiger partial charge in [-0.25, -0.2) is 0 Å². The zero-order chi connectivity index (χ0) is 7.94. The second kappa shape index (κ2) is 5.42. The van der Waals surface area contributed by atoms with E-state index < -0.39 is 0 Å². The Hall–Kier alpha value is -0.230. The van der Waals surface area contributed by atoms with E-state index in [0.717, 1.165) is 18.7 Å². The van der Waals surface area contributed by atoms with Crippen LogP contribution in [0.1, 0.15) is 32.1 Å². The van der Waals surface area contributed by atoms with Gasteiger partial charge in [-0.3, -0.25) is 0 Å². The first-order valence-electron chi connectivity index (χ1n) is 4.32. The third-order valence-corrected chi connectivity index (χ3v) is 2.18. The number of rotatable bonds is 4. The van der Waals surface area contributed by atoms with E-state index in [2.05, 4.69) is 18.2 Å². The lowest BCUT2D eigenvalue weighted by atomic mass is 10.1. The summed E-state index contributed by atoms with van der Waals surface area (Å²) in [6.07, 6.45) is 12.9. The molecular weight excluding hydrogens is 156 g/mol. The Labute approximate surface area is 73.9 Å². The summed E-state index contributed by atoms with van der Waals surface area (Å²) in [6, 6.07) is 0. The van der Waals surface area contributed by atoms with E-state index in [4.69, 9.17) is 11.6 Å². The predicted octanol–water partition coefficient (Wildman–Crippen LogP) is 3.67. The van der Waals surface area contributed by atoms with E-state index in [9.17, 15) is 0 Å². The van der Waals surface area contributed by atoms with Crippen molar-refractivity contribution >= 4 is 11.6 Å². The molecular formula is C10H15Cl. The highest BCUT2D eigenvalue weighted by atomic mass is 35.5. The van der Waals surface area contributed by atoms with E-state index in [1.165, 1.54) is 19.3 Å². The van der Waals surface area contributed by atoms with Gasteiger partial charge in [-0.05, 0) is 32.1 Å². The van der Waals surface area contributed by atoms with Crippen LogP contribution in [-0.2, 0) is 0 Å². The molecule has 0 heterocycles. The number of allylic oxidation sites excluding steroid dienone is 4. The van der Waals surface area contributed by atoms with Gasteiger partial charge in [-0.1, -0.05) is 23.8 Å². The van der Waals surface area contributed by atoms with Gasteiger partial charge in [0.15, 0.2) is 0 Å². The van der Waals surface area contributed by atoms with Crippen LogP contribution in [0.15, 0.2) is 23.8 Å². The molecule has 0 N–H and O–H groups in total. The van der Waals surface area contributed by atoms with Crippen molar-refractivity contribution in [1.82, 2.24) is 0 Å². The van der Waals surface area contributed by atoms with Gasteiger partial charge in [0.1, 0.15) is 0 Å². The normalized spacial score (nSPS) is 17.7. The number of halogens is 1. The molecule has 0 bridgehead atoms. The lowest BCUT2D eigenvalue weighted by molar-refractivity contribution is 0.892. The second-order valence-electron chi connectivity index (χ2n) is 2.91. The smallest absolute Gasteiger partial charge is 0.0258 e. The number of hydrogen-bond acceptors (Lipinski definition) is 0. The molecule has 1 aliphatic carbocycles. The highest BCUT2D eigenvalue weighted by Crippen LogP contribution is 2.20. The largest absolute Gasteiger partial charge is 0.126 e. The van der Waals surface area contributed by atoms with Crippen LogP contribution < -0.4 is 0 Å². The van der Waals surface area contributed by atoms with Crippen molar-refractivity contribution in [2.24, 2.45) is 0 Å². The molecule has 11 heavy (non-hydrogen) atoms. The van der Waals surface area contributed by atoms with Crippen LogP contribution in [0.5, 0.6) is 0 Å². The Bertz CT molecular complexity index is 156. The number of hydrogen-bond donors (Lipinski definition) is 0. The Balaban J connectivity index is 2.10. The first-order valence-corrected chi connectivity index (χ1v) is 4.86. The third kappa shape index (κ3) is 3.62. The molecule has 0 unspecified atom stereocenters. The predicted molar refractivity (Wildman–Crippen MR) is 51.0 cm³/mol. The number of alkyl halides is 1. The molecule has 0 spiro atoms. The van der Waals surface area contributed by atoms with Crippen molar-refractivity contribution in [1.29, 1.82) is 0 Å². The summed E-state index contributed by atoms with van der Waals surface area (Å²) in [7, 11) is 0. The second-order valence-corrected chi connectivity index (χ2v) is 3.29. The zero-order valence-corrected chi connectivity index (χ0v) is 7.61. The fourth-order valence-electron chi connectivity index (χ4n) is 1.34. The fraction of sp³-hybridized carbons (Fsp3) is 0.600. The topological polar surface area (TPSA) is 0 Å². The van der Waals surface area contributed by atoms with E-state index in [1.54, 1.807) is 5.57 Å². The van der Waals surface area contributed by atoms with Crippen LogP contribution in [0.2, 0.25) is 0 Å². The van der Waals surface area contributed by atoms with Gasteiger partial charge in [0.05, 0.1) is 0 Å². The maximum Gasteiger partial charge on any atom is 0.0258 e. The lowest BCUT2D eigenvalue weighted by Gasteiger charge is -1.93. The van der Waals surface area contributed by atoms with Gasteiger partial charge in [-0.15, -0.1) is 11.6 Å². The summed E-state index contributed by atoms with van der Waals surface area (Å²) in [4.78, 5) is 0. The van der Waals surface area contributed by atoms with Gasteiger partial charge in [-0.2, -0.15) is 0 Å². The van der Waals surface area contributed by atoms with Gasteiger partial charge in [0.25, 0.3) is 0 Å². The average Bonchev–Trinajstić information content (AvgIpc) is 2.50. The van der Waals surface area contributed by atoms with Crippen LogP contribution in [-0.4, -0.2) is 5.88 Å². The monoisotopic (exact) mass is 170 g/mol.